The van der Waals surface area contributed by atoms with E-state index in [0.29, 0.717) is 23.9 Å². The van der Waals surface area contributed by atoms with Gasteiger partial charge < -0.3 is 19.4 Å². The number of carbonyl (C=O) groups excluding carboxylic acids is 2. The van der Waals surface area contributed by atoms with Crippen LogP contribution in [0, 0.1) is 0 Å². The third-order valence-corrected chi connectivity index (χ3v) is 14.7. The van der Waals surface area contributed by atoms with Crippen molar-refractivity contribution in [2.24, 2.45) is 0 Å². The van der Waals surface area contributed by atoms with Gasteiger partial charge in [0, 0.05) is 12.8 Å². The number of allylic oxidation sites excluding steroid dienone is 15. The fourth-order valence-corrected chi connectivity index (χ4v) is 9.49. The first-order valence-corrected chi connectivity index (χ1v) is 33.6. The molecule has 0 aromatic rings. The summed E-state index contributed by atoms with van der Waals surface area (Å²) in [7, 11) is 1.46. The summed E-state index contributed by atoms with van der Waals surface area (Å²) < 4.78 is 30.7. The molecule has 0 saturated heterocycles. The largest absolute Gasteiger partial charge is 0.472 e. The molecule has 2 N–H and O–H groups in total. The molecular formula is C68H122N2O7P+. The molecule has 3 atom stereocenters. The molecule has 0 bridgehead atoms. The van der Waals surface area contributed by atoms with Gasteiger partial charge in [-0.2, -0.15) is 0 Å². The molecule has 0 aliphatic carbocycles. The minimum Gasteiger partial charge on any atom is -0.456 e. The summed E-state index contributed by atoms with van der Waals surface area (Å²) in [6, 6.07) is -0.871. The Morgan fingerprint density at radius 3 is 1.21 bits per heavy atom. The molecule has 10 heteroatoms. The van der Waals surface area contributed by atoms with E-state index in [0.717, 1.165) is 103 Å². The quantitative estimate of drug-likeness (QED) is 0.0205. The van der Waals surface area contributed by atoms with E-state index in [9.17, 15) is 19.0 Å². The van der Waals surface area contributed by atoms with Gasteiger partial charge in [-0.05, 0) is 115 Å². The molecule has 450 valence electrons. The van der Waals surface area contributed by atoms with Gasteiger partial charge in [-0.3, -0.25) is 18.6 Å². The van der Waals surface area contributed by atoms with E-state index < -0.39 is 20.0 Å². The molecule has 9 nitrogen and oxygen atoms in total. The molecule has 0 radical (unpaired) electrons. The second-order valence-electron chi connectivity index (χ2n) is 22.6. The first-order valence-electron chi connectivity index (χ1n) is 32.1. The van der Waals surface area contributed by atoms with E-state index in [2.05, 4.69) is 111 Å². The number of esters is 1. The fraction of sp³-hybridized carbons (Fsp3) is 0.735. The number of hydrogen-bond acceptors (Lipinski definition) is 6. The summed E-state index contributed by atoms with van der Waals surface area (Å²) in [4.78, 5) is 37.8. The Morgan fingerprint density at radius 1 is 0.449 bits per heavy atom. The summed E-state index contributed by atoms with van der Waals surface area (Å²) in [5.41, 5.74) is 0. The summed E-state index contributed by atoms with van der Waals surface area (Å²) >= 11 is 0. The number of ether oxygens (including phenoxy) is 1. The smallest absolute Gasteiger partial charge is 0.456 e. The Hall–Kier alpha value is -3.07. The predicted molar refractivity (Wildman–Crippen MR) is 337 cm³/mol. The van der Waals surface area contributed by atoms with Crippen LogP contribution in [-0.4, -0.2) is 74.3 Å². The van der Waals surface area contributed by atoms with Gasteiger partial charge in [0.1, 0.15) is 19.3 Å². The van der Waals surface area contributed by atoms with Crippen LogP contribution in [0.4, 0.5) is 0 Å². The van der Waals surface area contributed by atoms with Crippen LogP contribution in [0.15, 0.2) is 97.2 Å². The fourth-order valence-electron chi connectivity index (χ4n) is 8.75. The van der Waals surface area contributed by atoms with Crippen molar-refractivity contribution in [1.29, 1.82) is 0 Å². The number of rotatable bonds is 57. The third-order valence-electron chi connectivity index (χ3n) is 13.7. The van der Waals surface area contributed by atoms with E-state index >= 15 is 0 Å². The van der Waals surface area contributed by atoms with Gasteiger partial charge in [-0.15, -0.1) is 0 Å². The molecule has 0 spiro atoms. The maximum atomic E-state index is 13.6. The molecule has 78 heavy (non-hydrogen) atoms. The lowest BCUT2D eigenvalue weighted by atomic mass is 10.0. The van der Waals surface area contributed by atoms with Gasteiger partial charge in [-0.1, -0.05) is 240 Å². The van der Waals surface area contributed by atoms with Crippen molar-refractivity contribution in [3.63, 3.8) is 0 Å². The lowest BCUT2D eigenvalue weighted by molar-refractivity contribution is -0.870. The molecule has 1 amide bonds. The van der Waals surface area contributed by atoms with E-state index in [4.69, 9.17) is 13.8 Å². The average Bonchev–Trinajstić information content (AvgIpc) is 3.40. The van der Waals surface area contributed by atoms with E-state index in [1.54, 1.807) is 0 Å². The van der Waals surface area contributed by atoms with Crippen molar-refractivity contribution in [3.8, 4) is 0 Å². The molecule has 0 fully saturated rings. The van der Waals surface area contributed by atoms with Crippen molar-refractivity contribution >= 4 is 19.7 Å². The molecule has 3 unspecified atom stereocenters. The van der Waals surface area contributed by atoms with Gasteiger partial charge in [-0.25, -0.2) is 4.57 Å². The minimum absolute atomic E-state index is 0.0289. The first-order chi connectivity index (χ1) is 37.9. The highest BCUT2D eigenvalue weighted by molar-refractivity contribution is 7.47. The van der Waals surface area contributed by atoms with Gasteiger partial charge in [0.15, 0.2) is 0 Å². The molecule has 0 aliphatic heterocycles. The summed E-state index contributed by atoms with van der Waals surface area (Å²) in [6.45, 7) is 6.93. The van der Waals surface area contributed by atoms with Crippen molar-refractivity contribution in [2.45, 2.75) is 283 Å². The number of phosphoric acid groups is 1. The minimum atomic E-state index is -4.46. The Kier molecular flexibility index (Phi) is 54.9. The SMILES string of the molecule is CCCCC/C=C\C/C=C\C/C=C\C/C=C\CCCCCC(=O)OC(/C=C/CCCCCCCCCCCC)C(COP(=O)(O)OCC[N+](C)(C)C)NC(=O)CCCCCCCCCC/C=C\C/C=C\C/C=C\CCCCC. The molecule has 0 saturated carbocycles. The van der Waals surface area contributed by atoms with Crippen LogP contribution in [0.2, 0.25) is 0 Å². The second-order valence-corrected chi connectivity index (χ2v) is 24.0. The van der Waals surface area contributed by atoms with Gasteiger partial charge in [0.05, 0.1) is 33.8 Å². The number of likely N-dealkylation sites (N-methyl/N-ethyl adjacent to an activating group) is 1. The molecule has 0 aromatic heterocycles. The maximum Gasteiger partial charge on any atom is 0.472 e. The van der Waals surface area contributed by atoms with Crippen LogP contribution in [0.1, 0.15) is 271 Å². The zero-order chi connectivity index (χ0) is 57.2. The van der Waals surface area contributed by atoms with E-state index in [1.165, 1.54) is 128 Å². The van der Waals surface area contributed by atoms with Crippen molar-refractivity contribution in [2.75, 3.05) is 40.9 Å². The molecule has 0 rings (SSSR count). The number of quaternary nitrogens is 1. The van der Waals surface area contributed by atoms with Crippen molar-refractivity contribution < 1.29 is 37.3 Å². The van der Waals surface area contributed by atoms with Crippen LogP contribution < -0.4 is 5.32 Å². The normalized spacial score (nSPS) is 14.3. The Bertz CT molecular complexity index is 1660. The van der Waals surface area contributed by atoms with Crippen molar-refractivity contribution in [3.05, 3.63) is 97.2 Å². The topological polar surface area (TPSA) is 111 Å². The monoisotopic (exact) mass is 1110 g/mol. The molecular weight excluding hydrogens is 988 g/mol. The first kappa shape index (κ1) is 74.9. The Morgan fingerprint density at radius 2 is 0.782 bits per heavy atom. The number of amides is 1. The maximum absolute atomic E-state index is 13.6. The van der Waals surface area contributed by atoms with Crippen LogP contribution in [0.25, 0.3) is 0 Å². The van der Waals surface area contributed by atoms with E-state index in [-0.39, 0.29) is 31.5 Å². The number of unbranched alkanes of at least 4 members (excludes halogenated alkanes) is 27. The van der Waals surface area contributed by atoms with Crippen LogP contribution in [0.3, 0.4) is 0 Å². The zero-order valence-corrected chi connectivity index (χ0v) is 52.3. The number of hydrogen-bond donors (Lipinski definition) is 2. The van der Waals surface area contributed by atoms with Crippen LogP contribution in [0.5, 0.6) is 0 Å². The lowest BCUT2D eigenvalue weighted by Crippen LogP contribution is -2.47. The second kappa shape index (κ2) is 57.2. The van der Waals surface area contributed by atoms with Crippen molar-refractivity contribution in [1.82, 2.24) is 5.32 Å². The van der Waals surface area contributed by atoms with Gasteiger partial charge >= 0.3 is 13.8 Å². The molecule has 0 aromatic carbocycles. The van der Waals surface area contributed by atoms with Gasteiger partial charge in [0.25, 0.3) is 0 Å². The number of carbonyl (C=O) groups is 2. The number of nitrogens with one attached hydrogen (secondary N) is 1. The highest BCUT2D eigenvalue weighted by atomic mass is 31.2. The Balaban J connectivity index is 5.30. The molecule has 0 aliphatic rings. The highest BCUT2D eigenvalue weighted by Gasteiger charge is 2.30. The van der Waals surface area contributed by atoms with Crippen LogP contribution >= 0.6 is 7.82 Å². The standard InChI is InChI=1S/C68H121N2O7P/c1-7-10-13-16-19-22-25-28-30-32-34-35-37-38-40-42-45-48-51-54-57-60-67(71)69-65(64-76-78(73,74)75-63-62-70(4,5)6)66(59-56-53-50-47-44-27-24-21-18-15-12-9-3)77-68(72)61-58-55-52-49-46-43-41-39-36-33-31-29-26-23-20-17-14-11-8-2/h19-20,22-23,28-31,34-36,39,43,46,56,59,65-66H,7-18,21,24-27,32-33,37-38,40-42,44-45,47-55,57-58,60-64H2,1-6H3,(H-,69,71,73,74)/p+1/b22-19-,23-20-,30-28-,31-29-,35-34-,39-36-,46-43-,59-56+. The summed E-state index contributed by atoms with van der Waals surface area (Å²) in [5.74, 6) is -0.551. The average molecular weight is 1110 g/mol. The molecule has 0 heterocycles. The summed E-state index contributed by atoms with van der Waals surface area (Å²) in [6.07, 6.45) is 76.8. The van der Waals surface area contributed by atoms with Gasteiger partial charge in [0.2, 0.25) is 5.91 Å². The predicted octanol–water partition coefficient (Wildman–Crippen LogP) is 19.9. The van der Waals surface area contributed by atoms with Crippen LogP contribution in [-0.2, 0) is 27.9 Å². The lowest BCUT2D eigenvalue weighted by Gasteiger charge is -2.27. The number of nitrogens with zero attached hydrogens (tertiary/aromatic N) is 1. The highest BCUT2D eigenvalue weighted by Crippen LogP contribution is 2.43. The summed E-state index contributed by atoms with van der Waals surface area (Å²) in [5, 5.41) is 3.05. The Labute approximate surface area is 481 Å². The van der Waals surface area contributed by atoms with E-state index in [1.807, 2.05) is 33.3 Å². The third kappa shape index (κ3) is 57.6. The number of phosphoric ester groups is 1. The zero-order valence-electron chi connectivity index (χ0n) is 51.4.